The number of benzene rings is 1. The summed E-state index contributed by atoms with van der Waals surface area (Å²) in [7, 11) is 0. The van der Waals surface area contributed by atoms with Gasteiger partial charge < -0.3 is 15.4 Å². The van der Waals surface area contributed by atoms with Gasteiger partial charge in [-0.3, -0.25) is 14.6 Å². The van der Waals surface area contributed by atoms with Crippen molar-refractivity contribution in [1.82, 2.24) is 20.2 Å². The van der Waals surface area contributed by atoms with Crippen LogP contribution in [0.15, 0.2) is 43.1 Å². The molecule has 0 spiro atoms. The highest BCUT2D eigenvalue weighted by Gasteiger charge is 2.45. The van der Waals surface area contributed by atoms with E-state index in [9.17, 15) is 9.59 Å². The third-order valence-electron chi connectivity index (χ3n) is 8.84. The second kappa shape index (κ2) is 10.8. The number of hydrogen-bond acceptors (Lipinski definition) is 7. The number of likely N-dealkylation sites (tertiary alicyclic amines) is 1. The minimum atomic E-state index is -0.365. The molecule has 3 heterocycles. The lowest BCUT2D eigenvalue weighted by Gasteiger charge is -2.38. The summed E-state index contributed by atoms with van der Waals surface area (Å²) in [4.78, 5) is 37.6. The van der Waals surface area contributed by atoms with E-state index in [0.29, 0.717) is 17.8 Å². The fourth-order valence-electron chi connectivity index (χ4n) is 6.15. The fourth-order valence-corrected chi connectivity index (χ4v) is 6.15. The number of aromatic nitrogens is 2. The molecule has 1 aromatic heterocycles. The van der Waals surface area contributed by atoms with Crippen molar-refractivity contribution in [2.45, 2.75) is 89.1 Å². The van der Waals surface area contributed by atoms with Crippen molar-refractivity contribution in [1.29, 1.82) is 0 Å². The third kappa shape index (κ3) is 5.57. The van der Waals surface area contributed by atoms with Gasteiger partial charge in [-0.1, -0.05) is 43.7 Å². The molecule has 3 fully saturated rings. The smallest absolute Gasteiger partial charge is 0.416 e. The first kappa shape index (κ1) is 26.7. The number of fused-ring (bicyclic) bond motifs is 1. The number of ether oxygens (including phenoxy) is 1. The van der Waals surface area contributed by atoms with Gasteiger partial charge in [-0.05, 0) is 69.1 Å². The molecule has 6 rings (SSSR count). The van der Waals surface area contributed by atoms with Crippen LogP contribution in [0.4, 0.5) is 16.6 Å². The standard InChI is InChI=1S/C31H40N6O3/c1-4-27(38)33-25-11-15-36(16-12-25)26(17-21-5-6-21)22-7-9-24(10-8-22)31(13-14-31)35-29-32-18-23-19-40-30(39)37(20(2)3)28(23)34-29/h4,7-10,18,20-21,25-26H,1,5-6,11-17,19H2,2-3H3,(H,33,38)(H,32,34,35). The summed E-state index contributed by atoms with van der Waals surface area (Å²) in [6, 6.07) is 9.73. The maximum Gasteiger partial charge on any atom is 0.416 e. The molecular formula is C31H40N6O3. The Kier molecular flexibility index (Phi) is 7.25. The van der Waals surface area contributed by atoms with Crippen LogP contribution >= 0.6 is 0 Å². The van der Waals surface area contributed by atoms with Crippen molar-refractivity contribution < 1.29 is 14.3 Å². The minimum absolute atomic E-state index is 0.0583. The SMILES string of the molecule is C=CC(=O)NC1CCN(C(CC2CC2)c2ccc(C3(Nc4ncc5c(n4)N(C(C)C)C(=O)OC5)CC3)cc2)CC1. The lowest BCUT2D eigenvalue weighted by Crippen LogP contribution is -2.45. The predicted molar refractivity (Wildman–Crippen MR) is 154 cm³/mol. The maximum atomic E-state index is 12.4. The zero-order valence-corrected chi connectivity index (χ0v) is 23.6. The summed E-state index contributed by atoms with van der Waals surface area (Å²) in [5.74, 6) is 1.92. The highest BCUT2D eigenvalue weighted by atomic mass is 16.6. The lowest BCUT2D eigenvalue weighted by atomic mass is 9.93. The molecule has 4 aliphatic rings. The van der Waals surface area contributed by atoms with Crippen molar-refractivity contribution in [3.8, 4) is 0 Å². The number of carbonyl (C=O) groups is 2. The highest BCUT2D eigenvalue weighted by Crippen LogP contribution is 2.49. The third-order valence-corrected chi connectivity index (χ3v) is 8.84. The number of amides is 2. The maximum absolute atomic E-state index is 12.4. The van der Waals surface area contributed by atoms with E-state index < -0.39 is 0 Å². The number of carbonyl (C=O) groups excluding carboxylic acids is 2. The van der Waals surface area contributed by atoms with E-state index in [-0.39, 0.29) is 36.2 Å². The minimum Gasteiger partial charge on any atom is -0.444 e. The Hall–Kier alpha value is -3.46. The molecule has 0 bridgehead atoms. The van der Waals surface area contributed by atoms with Crippen molar-refractivity contribution in [2.75, 3.05) is 23.3 Å². The lowest BCUT2D eigenvalue weighted by molar-refractivity contribution is -0.117. The Morgan fingerprint density at radius 1 is 1.18 bits per heavy atom. The summed E-state index contributed by atoms with van der Waals surface area (Å²) in [5.41, 5.74) is 3.25. The van der Waals surface area contributed by atoms with Crippen molar-refractivity contribution in [2.24, 2.45) is 5.92 Å². The molecular weight excluding hydrogens is 504 g/mol. The largest absolute Gasteiger partial charge is 0.444 e. The quantitative estimate of drug-likeness (QED) is 0.404. The molecule has 2 N–H and O–H groups in total. The summed E-state index contributed by atoms with van der Waals surface area (Å²) >= 11 is 0. The molecule has 2 saturated carbocycles. The van der Waals surface area contributed by atoms with Crippen LogP contribution in [0.3, 0.4) is 0 Å². The van der Waals surface area contributed by atoms with E-state index in [4.69, 9.17) is 9.72 Å². The van der Waals surface area contributed by atoms with E-state index in [1.807, 2.05) is 13.8 Å². The predicted octanol–water partition coefficient (Wildman–Crippen LogP) is 5.05. The van der Waals surface area contributed by atoms with Crippen molar-refractivity contribution in [3.05, 3.63) is 59.8 Å². The molecule has 212 valence electrons. The van der Waals surface area contributed by atoms with Crippen LogP contribution in [0.5, 0.6) is 0 Å². The average molecular weight is 545 g/mol. The van der Waals surface area contributed by atoms with Gasteiger partial charge in [-0.25, -0.2) is 9.78 Å². The Labute approximate surface area is 236 Å². The van der Waals surface area contributed by atoms with Crippen LogP contribution in [0.1, 0.15) is 81.5 Å². The van der Waals surface area contributed by atoms with Crippen LogP contribution in [0, 0.1) is 5.92 Å². The zero-order chi connectivity index (χ0) is 27.9. The van der Waals surface area contributed by atoms with Crippen LogP contribution in [-0.4, -0.2) is 52.0 Å². The Bertz CT molecular complexity index is 1260. The molecule has 9 heteroatoms. The molecule has 1 saturated heterocycles. The molecule has 2 amide bonds. The number of nitrogens with one attached hydrogen (secondary N) is 2. The first-order chi connectivity index (χ1) is 19.3. The number of anilines is 2. The number of hydrogen-bond donors (Lipinski definition) is 2. The number of nitrogens with zero attached hydrogens (tertiary/aromatic N) is 4. The summed E-state index contributed by atoms with van der Waals surface area (Å²) in [6.45, 7) is 9.66. The van der Waals surface area contributed by atoms with Gasteiger partial charge in [0.2, 0.25) is 11.9 Å². The van der Waals surface area contributed by atoms with E-state index in [0.717, 1.165) is 50.3 Å². The van der Waals surface area contributed by atoms with Gasteiger partial charge in [0.15, 0.2) is 0 Å². The fraction of sp³-hybridized carbons (Fsp3) is 0.548. The Morgan fingerprint density at radius 3 is 2.52 bits per heavy atom. The van der Waals surface area contributed by atoms with E-state index in [2.05, 4.69) is 51.4 Å². The van der Waals surface area contributed by atoms with Crippen LogP contribution < -0.4 is 15.5 Å². The second-order valence-corrected chi connectivity index (χ2v) is 12.1. The van der Waals surface area contributed by atoms with E-state index >= 15 is 0 Å². The second-order valence-electron chi connectivity index (χ2n) is 12.1. The molecule has 2 aromatic rings. The van der Waals surface area contributed by atoms with Gasteiger partial charge in [-0.2, -0.15) is 4.98 Å². The van der Waals surface area contributed by atoms with Gasteiger partial charge in [-0.15, -0.1) is 0 Å². The normalized spacial score (nSPS) is 21.4. The molecule has 1 aromatic carbocycles. The first-order valence-electron chi connectivity index (χ1n) is 14.7. The van der Waals surface area contributed by atoms with Gasteiger partial charge in [0.1, 0.15) is 12.4 Å². The molecule has 0 radical (unpaired) electrons. The molecule has 2 aliphatic carbocycles. The van der Waals surface area contributed by atoms with Crippen molar-refractivity contribution in [3.63, 3.8) is 0 Å². The summed E-state index contributed by atoms with van der Waals surface area (Å²) in [6.07, 6.45) is 10.6. The monoisotopic (exact) mass is 544 g/mol. The Balaban J connectivity index is 1.16. The summed E-state index contributed by atoms with van der Waals surface area (Å²) in [5, 5.41) is 6.67. The van der Waals surface area contributed by atoms with Crippen molar-refractivity contribution >= 4 is 23.8 Å². The molecule has 1 unspecified atom stereocenters. The van der Waals surface area contributed by atoms with E-state index in [1.54, 1.807) is 11.1 Å². The average Bonchev–Trinajstić information content (AvgIpc) is 3.89. The number of piperidine rings is 1. The number of rotatable bonds is 10. The molecule has 40 heavy (non-hydrogen) atoms. The van der Waals surface area contributed by atoms with Gasteiger partial charge in [0, 0.05) is 37.4 Å². The molecule has 9 nitrogen and oxygen atoms in total. The van der Waals surface area contributed by atoms with Crippen LogP contribution in [0.25, 0.3) is 0 Å². The van der Waals surface area contributed by atoms with Gasteiger partial charge in [0.25, 0.3) is 0 Å². The molecule has 1 atom stereocenters. The zero-order valence-electron chi connectivity index (χ0n) is 23.6. The Morgan fingerprint density at radius 2 is 1.90 bits per heavy atom. The van der Waals surface area contributed by atoms with Crippen LogP contribution in [0.2, 0.25) is 0 Å². The number of cyclic esters (lactones) is 1. The van der Waals surface area contributed by atoms with Crippen LogP contribution in [-0.2, 0) is 21.7 Å². The topological polar surface area (TPSA) is 99.7 Å². The summed E-state index contributed by atoms with van der Waals surface area (Å²) < 4.78 is 5.29. The van der Waals surface area contributed by atoms with E-state index in [1.165, 1.54) is 36.5 Å². The first-order valence-corrected chi connectivity index (χ1v) is 14.7. The van der Waals surface area contributed by atoms with Gasteiger partial charge >= 0.3 is 6.09 Å². The highest BCUT2D eigenvalue weighted by molar-refractivity contribution is 5.89. The van der Waals surface area contributed by atoms with Gasteiger partial charge in [0.05, 0.1) is 11.1 Å². The molecule has 2 aliphatic heterocycles.